The third kappa shape index (κ3) is 2.40. The Hall–Kier alpha value is -1.77. The molecular weight excluding hydrogens is 276 g/mol. The molecule has 18 heavy (non-hydrogen) atoms. The Morgan fingerprint density at radius 1 is 1.28 bits per heavy atom. The van der Waals surface area contributed by atoms with Gasteiger partial charge in [0.05, 0.1) is 15.4 Å². The monoisotopic (exact) mass is 284 g/mol. The van der Waals surface area contributed by atoms with Gasteiger partial charge in [-0.25, -0.2) is 13.6 Å². The summed E-state index contributed by atoms with van der Waals surface area (Å²) in [5.74, 6) is 0. The van der Waals surface area contributed by atoms with Gasteiger partial charge in [0.2, 0.25) is 10.0 Å². The summed E-state index contributed by atoms with van der Waals surface area (Å²) in [6.45, 7) is 0. The first-order chi connectivity index (χ1) is 8.39. The number of primary sulfonamides is 1. The van der Waals surface area contributed by atoms with Crippen molar-refractivity contribution in [2.24, 2.45) is 5.14 Å². The second kappa shape index (κ2) is 4.48. The lowest BCUT2D eigenvalue weighted by molar-refractivity contribution is -0.384. The molecule has 94 valence electrons. The van der Waals surface area contributed by atoms with Crippen molar-refractivity contribution in [3.63, 3.8) is 0 Å². The molecule has 6 nitrogen and oxygen atoms in total. The standard InChI is InChI=1S/C10H8N2O4S2/c11-18(15,16)8-1-2-9(7-3-4-17-6-7)10(5-8)12(13)14/h1-6H,(H2,11,15,16). The van der Waals surface area contributed by atoms with Crippen LogP contribution in [-0.2, 0) is 10.0 Å². The van der Waals surface area contributed by atoms with Gasteiger partial charge in [0.15, 0.2) is 0 Å². The van der Waals surface area contributed by atoms with Crippen LogP contribution >= 0.6 is 11.3 Å². The van der Waals surface area contributed by atoms with E-state index in [-0.39, 0.29) is 10.6 Å². The number of hydrogen-bond acceptors (Lipinski definition) is 5. The lowest BCUT2D eigenvalue weighted by atomic mass is 10.1. The van der Waals surface area contributed by atoms with Crippen LogP contribution in [0.15, 0.2) is 39.9 Å². The normalized spacial score (nSPS) is 11.4. The van der Waals surface area contributed by atoms with Gasteiger partial charge in [0.1, 0.15) is 0 Å². The summed E-state index contributed by atoms with van der Waals surface area (Å²) in [7, 11) is -3.95. The first-order valence-electron chi connectivity index (χ1n) is 4.73. The zero-order valence-corrected chi connectivity index (χ0v) is 10.6. The molecule has 2 N–H and O–H groups in total. The fourth-order valence-electron chi connectivity index (χ4n) is 1.50. The maximum Gasteiger partial charge on any atom is 0.278 e. The summed E-state index contributed by atoms with van der Waals surface area (Å²) in [5, 5.41) is 19.4. The molecule has 2 rings (SSSR count). The average Bonchev–Trinajstić information content (AvgIpc) is 2.80. The second-order valence-corrected chi connectivity index (χ2v) is 5.83. The van der Waals surface area contributed by atoms with Crippen LogP contribution in [0.5, 0.6) is 0 Å². The number of nitrogens with zero attached hydrogens (tertiary/aromatic N) is 1. The van der Waals surface area contributed by atoms with Gasteiger partial charge in [-0.15, -0.1) is 0 Å². The van der Waals surface area contributed by atoms with E-state index in [1.807, 2.05) is 0 Å². The first kappa shape index (κ1) is 12.7. The number of nitrogens with two attached hydrogens (primary N) is 1. The highest BCUT2D eigenvalue weighted by Crippen LogP contribution is 2.32. The van der Waals surface area contributed by atoms with Gasteiger partial charge in [-0.1, -0.05) is 0 Å². The van der Waals surface area contributed by atoms with Crippen molar-refractivity contribution in [1.29, 1.82) is 0 Å². The maximum atomic E-state index is 11.2. The highest BCUT2D eigenvalue weighted by Gasteiger charge is 2.19. The predicted octanol–water partition coefficient (Wildman–Crippen LogP) is 1.97. The highest BCUT2D eigenvalue weighted by atomic mass is 32.2. The highest BCUT2D eigenvalue weighted by molar-refractivity contribution is 7.89. The van der Waals surface area contributed by atoms with Gasteiger partial charge < -0.3 is 0 Å². The van der Waals surface area contributed by atoms with Gasteiger partial charge in [-0.3, -0.25) is 10.1 Å². The minimum atomic E-state index is -3.95. The Bertz CT molecular complexity index is 693. The van der Waals surface area contributed by atoms with Crippen LogP contribution in [0.2, 0.25) is 0 Å². The van der Waals surface area contributed by atoms with Crippen molar-refractivity contribution in [2.75, 3.05) is 0 Å². The van der Waals surface area contributed by atoms with Crippen molar-refractivity contribution in [3.05, 3.63) is 45.1 Å². The molecule has 0 saturated heterocycles. The largest absolute Gasteiger partial charge is 0.278 e. The van der Waals surface area contributed by atoms with E-state index >= 15 is 0 Å². The molecule has 0 fully saturated rings. The van der Waals surface area contributed by atoms with E-state index in [4.69, 9.17) is 5.14 Å². The lowest BCUT2D eigenvalue weighted by Crippen LogP contribution is -2.12. The summed E-state index contributed by atoms with van der Waals surface area (Å²) in [6.07, 6.45) is 0. The van der Waals surface area contributed by atoms with Gasteiger partial charge in [-0.2, -0.15) is 11.3 Å². The number of sulfonamides is 1. The summed E-state index contributed by atoms with van der Waals surface area (Å²) < 4.78 is 22.3. The molecular formula is C10H8N2O4S2. The van der Waals surface area contributed by atoms with E-state index < -0.39 is 14.9 Å². The molecule has 0 aliphatic carbocycles. The number of rotatable bonds is 3. The van der Waals surface area contributed by atoms with Crippen molar-refractivity contribution < 1.29 is 13.3 Å². The third-order valence-corrected chi connectivity index (χ3v) is 3.92. The van der Waals surface area contributed by atoms with Crippen molar-refractivity contribution in [3.8, 4) is 11.1 Å². The fraction of sp³-hybridized carbons (Fsp3) is 0. The molecule has 8 heteroatoms. The van der Waals surface area contributed by atoms with E-state index in [0.29, 0.717) is 11.1 Å². The van der Waals surface area contributed by atoms with E-state index in [1.165, 1.54) is 23.5 Å². The summed E-state index contributed by atoms with van der Waals surface area (Å²) in [5.41, 5.74) is 0.765. The van der Waals surface area contributed by atoms with Gasteiger partial charge >= 0.3 is 0 Å². The van der Waals surface area contributed by atoms with Gasteiger partial charge in [0, 0.05) is 6.07 Å². The zero-order valence-electron chi connectivity index (χ0n) is 8.94. The Labute approximate surface area is 107 Å². The second-order valence-electron chi connectivity index (χ2n) is 3.49. The van der Waals surface area contributed by atoms with E-state index in [2.05, 4.69) is 0 Å². The Balaban J connectivity index is 2.67. The van der Waals surface area contributed by atoms with Crippen molar-refractivity contribution in [2.45, 2.75) is 4.90 Å². The van der Waals surface area contributed by atoms with Crippen LogP contribution in [-0.4, -0.2) is 13.3 Å². The van der Waals surface area contributed by atoms with Crippen LogP contribution in [0.3, 0.4) is 0 Å². The number of thiophene rings is 1. The zero-order chi connectivity index (χ0) is 13.3. The molecule has 0 aliphatic heterocycles. The van der Waals surface area contributed by atoms with Crippen LogP contribution in [0, 0.1) is 10.1 Å². The lowest BCUT2D eigenvalue weighted by Gasteiger charge is -2.03. The molecule has 0 saturated carbocycles. The van der Waals surface area contributed by atoms with E-state index in [0.717, 1.165) is 6.07 Å². The molecule has 0 amide bonds. The Morgan fingerprint density at radius 2 is 2.00 bits per heavy atom. The van der Waals surface area contributed by atoms with Crippen molar-refractivity contribution >= 4 is 27.0 Å². The Kier molecular flexibility index (Phi) is 3.16. The summed E-state index contributed by atoms with van der Waals surface area (Å²) >= 11 is 1.40. The van der Waals surface area contributed by atoms with Crippen LogP contribution in [0.25, 0.3) is 11.1 Å². The van der Waals surface area contributed by atoms with E-state index in [9.17, 15) is 18.5 Å². The number of nitro benzene ring substituents is 1. The molecule has 0 aliphatic rings. The number of hydrogen-bond donors (Lipinski definition) is 1. The van der Waals surface area contributed by atoms with Gasteiger partial charge in [0.25, 0.3) is 5.69 Å². The van der Waals surface area contributed by atoms with Crippen LogP contribution < -0.4 is 5.14 Å². The summed E-state index contributed by atoms with van der Waals surface area (Å²) in [6, 6.07) is 5.35. The fourth-order valence-corrected chi connectivity index (χ4v) is 2.69. The van der Waals surface area contributed by atoms with Crippen LogP contribution in [0.4, 0.5) is 5.69 Å². The van der Waals surface area contributed by atoms with E-state index in [1.54, 1.807) is 16.8 Å². The molecule has 0 unspecified atom stereocenters. The minimum Gasteiger partial charge on any atom is -0.258 e. The number of nitro groups is 1. The summed E-state index contributed by atoms with van der Waals surface area (Å²) in [4.78, 5) is 10.1. The molecule has 0 radical (unpaired) electrons. The molecule has 1 aromatic carbocycles. The number of benzene rings is 1. The SMILES string of the molecule is NS(=O)(=O)c1ccc(-c2ccsc2)c([N+](=O)[O-])c1. The molecule has 0 bridgehead atoms. The Morgan fingerprint density at radius 3 is 2.50 bits per heavy atom. The molecule has 0 spiro atoms. The average molecular weight is 284 g/mol. The van der Waals surface area contributed by atoms with Gasteiger partial charge in [-0.05, 0) is 34.5 Å². The topological polar surface area (TPSA) is 103 Å². The predicted molar refractivity (Wildman–Crippen MR) is 67.8 cm³/mol. The molecule has 1 heterocycles. The maximum absolute atomic E-state index is 11.2. The quantitative estimate of drug-likeness (QED) is 0.687. The smallest absolute Gasteiger partial charge is 0.258 e. The molecule has 2 aromatic rings. The first-order valence-corrected chi connectivity index (χ1v) is 7.22. The minimum absolute atomic E-state index is 0.270. The van der Waals surface area contributed by atoms with Crippen LogP contribution in [0.1, 0.15) is 0 Å². The molecule has 1 aromatic heterocycles. The molecule has 0 atom stereocenters. The third-order valence-electron chi connectivity index (χ3n) is 2.33. The van der Waals surface area contributed by atoms with Crippen molar-refractivity contribution in [1.82, 2.24) is 0 Å².